The smallest absolute Gasteiger partial charge is 0.268 e. The van der Waals surface area contributed by atoms with Crippen LogP contribution in [0.2, 0.25) is 0 Å². The second-order valence-electron chi connectivity index (χ2n) is 7.20. The van der Waals surface area contributed by atoms with Gasteiger partial charge in [0.05, 0.1) is 17.9 Å². The molecule has 0 bridgehead atoms. The molecule has 30 heavy (non-hydrogen) atoms. The van der Waals surface area contributed by atoms with Gasteiger partial charge in [-0.1, -0.05) is 26.0 Å². The maximum absolute atomic E-state index is 12.6. The predicted octanol–water partition coefficient (Wildman–Crippen LogP) is 3.68. The molecule has 0 saturated heterocycles. The molecule has 1 amide bonds. The van der Waals surface area contributed by atoms with E-state index in [0.717, 1.165) is 17.1 Å². The van der Waals surface area contributed by atoms with E-state index in [1.807, 2.05) is 47.1 Å². The van der Waals surface area contributed by atoms with E-state index >= 15 is 0 Å². The van der Waals surface area contributed by atoms with E-state index in [0.29, 0.717) is 29.6 Å². The van der Waals surface area contributed by atoms with Gasteiger partial charge in [0.1, 0.15) is 5.69 Å². The van der Waals surface area contributed by atoms with Crippen molar-refractivity contribution >= 4 is 5.91 Å². The van der Waals surface area contributed by atoms with E-state index in [1.54, 1.807) is 19.2 Å². The molecule has 8 nitrogen and oxygen atoms in total. The van der Waals surface area contributed by atoms with Crippen molar-refractivity contribution in [1.82, 2.24) is 30.3 Å². The molecule has 0 unspecified atom stereocenters. The van der Waals surface area contributed by atoms with Crippen molar-refractivity contribution in [2.75, 3.05) is 0 Å². The highest BCUT2D eigenvalue weighted by atomic mass is 16.4. The summed E-state index contributed by atoms with van der Waals surface area (Å²) in [6.45, 7) is 6.27. The molecule has 0 saturated carbocycles. The van der Waals surface area contributed by atoms with Gasteiger partial charge in [0.25, 0.3) is 11.8 Å². The van der Waals surface area contributed by atoms with E-state index in [2.05, 4.69) is 39.4 Å². The summed E-state index contributed by atoms with van der Waals surface area (Å²) in [5, 5.41) is 15.5. The molecule has 0 fully saturated rings. The number of aromatic nitrogens is 5. The molecule has 0 radical (unpaired) electrons. The van der Waals surface area contributed by atoms with Crippen molar-refractivity contribution in [2.24, 2.45) is 0 Å². The van der Waals surface area contributed by atoms with Crippen LogP contribution in [-0.4, -0.2) is 30.9 Å². The highest BCUT2D eigenvalue weighted by molar-refractivity contribution is 5.94. The standard InChI is InChI=1S/C22H22N6O2/c1-14(2)20-12-19(22-26-25-15(3)30-22)27-28(20)18-9-6-7-16(11-18)21(29)24-13-17-8-4-5-10-23-17/h4-12,14H,13H2,1-3H3,(H,24,29). The van der Waals surface area contributed by atoms with Gasteiger partial charge in [-0.2, -0.15) is 5.10 Å². The van der Waals surface area contributed by atoms with Gasteiger partial charge in [0.2, 0.25) is 5.89 Å². The average molecular weight is 402 g/mol. The van der Waals surface area contributed by atoms with Gasteiger partial charge >= 0.3 is 0 Å². The first-order valence-electron chi connectivity index (χ1n) is 9.70. The Bertz CT molecular complexity index is 1160. The highest BCUT2D eigenvalue weighted by Gasteiger charge is 2.18. The molecule has 0 spiro atoms. The fourth-order valence-electron chi connectivity index (χ4n) is 3.07. The number of rotatable bonds is 6. The van der Waals surface area contributed by atoms with E-state index < -0.39 is 0 Å². The summed E-state index contributed by atoms with van der Waals surface area (Å²) < 4.78 is 7.34. The van der Waals surface area contributed by atoms with Crippen molar-refractivity contribution in [2.45, 2.75) is 33.2 Å². The SMILES string of the molecule is Cc1nnc(-c2cc(C(C)C)n(-c3cccc(C(=O)NCc4ccccn4)c3)n2)o1. The number of carbonyl (C=O) groups excluding carboxylic acids is 1. The van der Waals surface area contributed by atoms with Crippen LogP contribution in [0, 0.1) is 6.92 Å². The lowest BCUT2D eigenvalue weighted by molar-refractivity contribution is 0.0950. The Kier molecular flexibility index (Phi) is 5.38. The van der Waals surface area contributed by atoms with Gasteiger partial charge in [-0.25, -0.2) is 4.68 Å². The molecule has 3 heterocycles. The van der Waals surface area contributed by atoms with Gasteiger partial charge in [0, 0.05) is 24.4 Å². The van der Waals surface area contributed by atoms with Gasteiger partial charge in [-0.3, -0.25) is 9.78 Å². The molecular weight excluding hydrogens is 380 g/mol. The number of amides is 1. The highest BCUT2D eigenvalue weighted by Crippen LogP contribution is 2.26. The number of aryl methyl sites for hydroxylation is 1. The Labute approximate surface area is 174 Å². The minimum absolute atomic E-state index is 0.173. The summed E-state index contributed by atoms with van der Waals surface area (Å²) in [5.41, 5.74) is 3.71. The van der Waals surface area contributed by atoms with Crippen LogP contribution >= 0.6 is 0 Å². The molecule has 152 valence electrons. The van der Waals surface area contributed by atoms with E-state index in [1.165, 1.54) is 0 Å². The van der Waals surface area contributed by atoms with Crippen molar-refractivity contribution in [1.29, 1.82) is 0 Å². The van der Waals surface area contributed by atoms with E-state index in [-0.39, 0.29) is 11.8 Å². The van der Waals surface area contributed by atoms with Crippen molar-refractivity contribution < 1.29 is 9.21 Å². The Morgan fingerprint density at radius 1 is 1.13 bits per heavy atom. The number of nitrogens with zero attached hydrogens (tertiary/aromatic N) is 5. The molecule has 0 aliphatic carbocycles. The molecule has 8 heteroatoms. The molecule has 0 aliphatic heterocycles. The lowest BCUT2D eigenvalue weighted by atomic mass is 10.1. The lowest BCUT2D eigenvalue weighted by Crippen LogP contribution is -2.23. The summed E-state index contributed by atoms with van der Waals surface area (Å²) in [5.74, 6) is 0.889. The summed E-state index contributed by atoms with van der Waals surface area (Å²) in [6.07, 6.45) is 1.70. The monoisotopic (exact) mass is 402 g/mol. The molecule has 0 atom stereocenters. The molecule has 3 aromatic heterocycles. The summed E-state index contributed by atoms with van der Waals surface area (Å²) in [4.78, 5) is 16.9. The van der Waals surface area contributed by atoms with Crippen LogP contribution < -0.4 is 5.32 Å². The zero-order valence-electron chi connectivity index (χ0n) is 17.0. The zero-order chi connectivity index (χ0) is 21.1. The van der Waals surface area contributed by atoms with Crippen molar-refractivity contribution in [3.05, 3.63) is 77.6 Å². The van der Waals surface area contributed by atoms with Crippen LogP contribution in [0.1, 0.15) is 47.4 Å². The zero-order valence-corrected chi connectivity index (χ0v) is 17.0. The molecule has 4 aromatic rings. The Morgan fingerprint density at radius 2 is 2.00 bits per heavy atom. The van der Waals surface area contributed by atoms with Crippen molar-refractivity contribution in [3.63, 3.8) is 0 Å². The predicted molar refractivity (Wildman–Crippen MR) is 111 cm³/mol. The van der Waals surface area contributed by atoms with Gasteiger partial charge in [0.15, 0.2) is 0 Å². The summed E-state index contributed by atoms with van der Waals surface area (Å²) in [6, 6.07) is 14.9. The quantitative estimate of drug-likeness (QED) is 0.528. The van der Waals surface area contributed by atoms with Crippen LogP contribution in [0.4, 0.5) is 0 Å². The Balaban J connectivity index is 1.61. The van der Waals surface area contributed by atoms with Crippen LogP contribution in [0.3, 0.4) is 0 Å². The second-order valence-corrected chi connectivity index (χ2v) is 7.20. The Morgan fingerprint density at radius 3 is 2.70 bits per heavy atom. The number of pyridine rings is 1. The second kappa shape index (κ2) is 8.28. The summed E-state index contributed by atoms with van der Waals surface area (Å²) >= 11 is 0. The third-order valence-corrected chi connectivity index (χ3v) is 4.58. The third kappa shape index (κ3) is 4.12. The number of hydrogen-bond donors (Lipinski definition) is 1. The lowest BCUT2D eigenvalue weighted by Gasteiger charge is -2.11. The van der Waals surface area contributed by atoms with Gasteiger partial charge in [-0.05, 0) is 42.3 Å². The topological polar surface area (TPSA) is 98.7 Å². The first-order chi connectivity index (χ1) is 14.5. The van der Waals surface area contributed by atoms with Crippen LogP contribution in [0.15, 0.2) is 59.1 Å². The first-order valence-corrected chi connectivity index (χ1v) is 9.70. The fourth-order valence-corrected chi connectivity index (χ4v) is 3.07. The fraction of sp³-hybridized carbons (Fsp3) is 0.227. The number of hydrogen-bond acceptors (Lipinski definition) is 6. The molecule has 0 aliphatic rings. The number of nitrogens with one attached hydrogen (secondary N) is 1. The van der Waals surface area contributed by atoms with E-state index in [9.17, 15) is 4.79 Å². The van der Waals surface area contributed by atoms with Crippen LogP contribution in [0.5, 0.6) is 0 Å². The normalized spacial score (nSPS) is 11.1. The third-order valence-electron chi connectivity index (χ3n) is 4.58. The number of carbonyl (C=O) groups is 1. The maximum atomic E-state index is 12.6. The van der Waals surface area contributed by atoms with Crippen LogP contribution in [0.25, 0.3) is 17.3 Å². The average Bonchev–Trinajstić information content (AvgIpc) is 3.39. The van der Waals surface area contributed by atoms with Gasteiger partial charge < -0.3 is 9.73 Å². The first kappa shape index (κ1) is 19.5. The van der Waals surface area contributed by atoms with E-state index in [4.69, 9.17) is 4.42 Å². The molecule has 1 aromatic carbocycles. The molecular formula is C22H22N6O2. The van der Waals surface area contributed by atoms with Crippen molar-refractivity contribution in [3.8, 4) is 17.3 Å². The maximum Gasteiger partial charge on any atom is 0.268 e. The largest absolute Gasteiger partial charge is 0.420 e. The Hall–Kier alpha value is -3.81. The summed E-state index contributed by atoms with van der Waals surface area (Å²) in [7, 11) is 0. The minimum atomic E-state index is -0.173. The number of benzene rings is 1. The van der Waals surface area contributed by atoms with Gasteiger partial charge in [-0.15, -0.1) is 10.2 Å². The minimum Gasteiger partial charge on any atom is -0.420 e. The molecule has 4 rings (SSSR count). The van der Waals surface area contributed by atoms with Crippen LogP contribution in [-0.2, 0) is 6.54 Å². The molecule has 1 N–H and O–H groups in total.